The lowest BCUT2D eigenvalue weighted by Crippen LogP contribution is -2.48. The Morgan fingerprint density at radius 2 is 1.47 bits per heavy atom. The smallest absolute Gasteiger partial charge is 0.339 e. The molecular weight excluding hydrogens is 220 g/mol. The molecule has 0 aromatic carbocycles. The monoisotopic (exact) mass is 236 g/mol. The fourth-order valence-corrected chi connectivity index (χ4v) is 1.14. The Kier molecular flexibility index (Phi) is 5.65. The maximum Gasteiger partial charge on any atom is 0.339 e. The number of rotatable bonds is 5. The summed E-state index contributed by atoms with van der Waals surface area (Å²) >= 11 is 5.98. The van der Waals surface area contributed by atoms with Gasteiger partial charge >= 0.3 is 11.9 Å². The van der Waals surface area contributed by atoms with Gasteiger partial charge in [0.2, 0.25) is 4.87 Å². The van der Waals surface area contributed by atoms with Gasteiger partial charge in [0, 0.05) is 0 Å². The molecule has 0 aromatic rings. The van der Waals surface area contributed by atoms with Crippen LogP contribution in [0.2, 0.25) is 0 Å². The van der Waals surface area contributed by atoms with Gasteiger partial charge in [0.05, 0.1) is 13.2 Å². The Morgan fingerprint density at radius 3 is 1.67 bits per heavy atom. The number of halogens is 1. The molecule has 0 amide bonds. The Morgan fingerprint density at radius 1 is 1.13 bits per heavy atom. The molecule has 0 aromatic heterocycles. The lowest BCUT2D eigenvalue weighted by molar-refractivity contribution is -0.161. The van der Waals surface area contributed by atoms with Crippen LogP contribution < -0.4 is 0 Å². The first-order valence-corrected chi connectivity index (χ1v) is 5.32. The van der Waals surface area contributed by atoms with E-state index in [1.165, 1.54) is 0 Å². The van der Waals surface area contributed by atoms with Crippen molar-refractivity contribution in [1.82, 2.24) is 0 Å². The third-order valence-electron chi connectivity index (χ3n) is 1.94. The van der Waals surface area contributed by atoms with Crippen molar-refractivity contribution in [2.24, 2.45) is 5.92 Å². The lowest BCUT2D eigenvalue weighted by atomic mass is 9.95. The molecule has 4 nitrogen and oxygen atoms in total. The maximum atomic E-state index is 11.6. The molecule has 0 heterocycles. The fourth-order valence-electron chi connectivity index (χ4n) is 1.03. The Labute approximate surface area is 94.9 Å². The molecule has 0 rings (SSSR count). The zero-order chi connectivity index (χ0) is 12.1. The van der Waals surface area contributed by atoms with Crippen molar-refractivity contribution in [2.75, 3.05) is 13.2 Å². The minimum absolute atomic E-state index is 0.180. The highest BCUT2D eigenvalue weighted by Gasteiger charge is 2.50. The van der Waals surface area contributed by atoms with Gasteiger partial charge in [-0.05, 0) is 19.8 Å². The van der Waals surface area contributed by atoms with Gasteiger partial charge in [-0.3, -0.25) is 0 Å². The molecule has 0 N–H and O–H groups in total. The van der Waals surface area contributed by atoms with Crippen LogP contribution in [0.5, 0.6) is 0 Å². The first-order chi connectivity index (χ1) is 6.91. The molecule has 0 fully saturated rings. The van der Waals surface area contributed by atoms with Gasteiger partial charge in [0.1, 0.15) is 0 Å². The number of ether oxygens (including phenoxy) is 2. The van der Waals surface area contributed by atoms with Gasteiger partial charge in [-0.25, -0.2) is 9.59 Å². The summed E-state index contributed by atoms with van der Waals surface area (Å²) < 4.78 is 9.53. The first-order valence-electron chi connectivity index (χ1n) is 4.94. The average Bonchev–Trinajstić information content (AvgIpc) is 2.16. The van der Waals surface area contributed by atoms with Crippen molar-refractivity contribution in [3.05, 3.63) is 0 Å². The fraction of sp³-hybridized carbons (Fsp3) is 0.800. The molecule has 0 aliphatic heterocycles. The van der Waals surface area contributed by atoms with E-state index in [1.807, 2.05) is 0 Å². The van der Waals surface area contributed by atoms with E-state index in [4.69, 9.17) is 21.1 Å². The minimum atomic E-state index is -1.73. The number of esters is 2. The maximum absolute atomic E-state index is 11.6. The van der Waals surface area contributed by atoms with Gasteiger partial charge in [-0.1, -0.05) is 25.4 Å². The highest BCUT2D eigenvalue weighted by atomic mass is 35.5. The first kappa shape index (κ1) is 14.2. The van der Waals surface area contributed by atoms with Crippen molar-refractivity contribution < 1.29 is 19.1 Å². The second-order valence-corrected chi connectivity index (χ2v) is 3.90. The molecule has 5 heteroatoms. The summed E-state index contributed by atoms with van der Waals surface area (Å²) in [4.78, 5) is 21.4. The van der Waals surface area contributed by atoms with Crippen LogP contribution in [-0.4, -0.2) is 30.0 Å². The van der Waals surface area contributed by atoms with Crippen molar-refractivity contribution in [3.63, 3.8) is 0 Å². The molecule has 0 atom stereocenters. The summed E-state index contributed by atoms with van der Waals surface area (Å²) in [6.45, 7) is 7.00. The summed E-state index contributed by atoms with van der Waals surface area (Å²) in [6, 6.07) is 0. The van der Waals surface area contributed by atoms with Crippen molar-refractivity contribution in [1.29, 1.82) is 0 Å². The van der Waals surface area contributed by atoms with E-state index >= 15 is 0 Å². The van der Waals surface area contributed by atoms with E-state index in [-0.39, 0.29) is 13.2 Å². The molecule has 0 saturated carbocycles. The molecule has 0 radical (unpaired) electrons. The number of hydrogen-bond donors (Lipinski definition) is 0. The number of hydrogen-bond acceptors (Lipinski definition) is 4. The van der Waals surface area contributed by atoms with Crippen LogP contribution in [0.4, 0.5) is 0 Å². The summed E-state index contributed by atoms with van der Waals surface area (Å²) in [5, 5.41) is 0. The average molecular weight is 237 g/mol. The normalized spacial score (nSPS) is 11.3. The largest absolute Gasteiger partial charge is 0.464 e. The van der Waals surface area contributed by atoms with Crippen LogP contribution in [0.1, 0.15) is 27.7 Å². The molecule has 0 unspecified atom stereocenters. The van der Waals surface area contributed by atoms with E-state index in [1.54, 1.807) is 27.7 Å². The molecule has 88 valence electrons. The van der Waals surface area contributed by atoms with Gasteiger partial charge in [-0.15, -0.1) is 0 Å². The van der Waals surface area contributed by atoms with Crippen LogP contribution in [0.3, 0.4) is 0 Å². The van der Waals surface area contributed by atoms with Crippen molar-refractivity contribution >= 4 is 23.5 Å². The molecule has 15 heavy (non-hydrogen) atoms. The quantitative estimate of drug-likeness (QED) is 0.415. The summed E-state index contributed by atoms with van der Waals surface area (Å²) in [5.74, 6) is -1.89. The number of carbonyl (C=O) groups is 2. The standard InChI is InChI=1S/C10H17ClO4/c1-5-14-8(12)10(11,7(3)4)9(13)15-6-2/h7H,5-6H2,1-4H3. The van der Waals surface area contributed by atoms with Gasteiger partial charge in [0.15, 0.2) is 0 Å². The van der Waals surface area contributed by atoms with E-state index in [0.717, 1.165) is 0 Å². The second kappa shape index (κ2) is 5.95. The topological polar surface area (TPSA) is 52.6 Å². The van der Waals surface area contributed by atoms with Crippen LogP contribution in [-0.2, 0) is 19.1 Å². The SMILES string of the molecule is CCOC(=O)C(Cl)(C(=O)OCC)C(C)C. The number of alkyl halides is 1. The molecule has 0 spiro atoms. The van der Waals surface area contributed by atoms with Gasteiger partial charge < -0.3 is 9.47 Å². The van der Waals surface area contributed by atoms with Crippen molar-refractivity contribution in [3.8, 4) is 0 Å². The Hall–Kier alpha value is -0.770. The second-order valence-electron chi connectivity index (χ2n) is 3.31. The Balaban J connectivity index is 4.88. The van der Waals surface area contributed by atoms with Crippen LogP contribution in [0.25, 0.3) is 0 Å². The highest BCUT2D eigenvalue weighted by Crippen LogP contribution is 2.28. The predicted molar refractivity (Wildman–Crippen MR) is 56.7 cm³/mol. The number of carbonyl (C=O) groups excluding carboxylic acids is 2. The van der Waals surface area contributed by atoms with Gasteiger partial charge in [0.25, 0.3) is 0 Å². The van der Waals surface area contributed by atoms with Gasteiger partial charge in [-0.2, -0.15) is 0 Å². The zero-order valence-electron chi connectivity index (χ0n) is 9.50. The Bertz CT molecular complexity index is 220. The molecule has 0 aliphatic carbocycles. The lowest BCUT2D eigenvalue weighted by Gasteiger charge is -2.25. The minimum Gasteiger partial charge on any atom is -0.464 e. The summed E-state index contributed by atoms with van der Waals surface area (Å²) in [6.07, 6.45) is 0. The molecule has 0 aliphatic rings. The third-order valence-corrected chi connectivity index (χ3v) is 2.69. The van der Waals surface area contributed by atoms with Crippen LogP contribution in [0.15, 0.2) is 0 Å². The molecule has 0 saturated heterocycles. The highest BCUT2D eigenvalue weighted by molar-refractivity contribution is 6.44. The third kappa shape index (κ3) is 3.09. The van der Waals surface area contributed by atoms with E-state index in [0.29, 0.717) is 0 Å². The van der Waals surface area contributed by atoms with Crippen LogP contribution >= 0.6 is 11.6 Å². The summed E-state index contributed by atoms with van der Waals surface area (Å²) in [7, 11) is 0. The van der Waals surface area contributed by atoms with E-state index < -0.39 is 22.7 Å². The predicted octanol–water partition coefficient (Wildman–Crippen LogP) is 1.75. The molecular formula is C10H17ClO4. The van der Waals surface area contributed by atoms with Crippen molar-refractivity contribution in [2.45, 2.75) is 32.6 Å². The van der Waals surface area contributed by atoms with Crippen LogP contribution in [0, 0.1) is 5.92 Å². The van der Waals surface area contributed by atoms with E-state index in [2.05, 4.69) is 0 Å². The summed E-state index contributed by atoms with van der Waals surface area (Å²) in [5.41, 5.74) is 0. The van der Waals surface area contributed by atoms with E-state index in [9.17, 15) is 9.59 Å². The zero-order valence-corrected chi connectivity index (χ0v) is 10.3. The molecule has 0 bridgehead atoms.